The molecule has 0 aliphatic carbocycles. The minimum absolute atomic E-state index is 0.0740. The van der Waals surface area contributed by atoms with Crippen LogP contribution in [0, 0.1) is 0 Å². The first kappa shape index (κ1) is 15.0. The van der Waals surface area contributed by atoms with Crippen LogP contribution in [0.5, 0.6) is 0 Å². The number of amides is 2. The number of carbonyl (C=O) groups excluding carboxylic acids is 1. The molecule has 7 heteroatoms. The lowest BCUT2D eigenvalue weighted by molar-refractivity contribution is 0.0898. The summed E-state index contributed by atoms with van der Waals surface area (Å²) in [6, 6.07) is 0.0479. The van der Waals surface area contributed by atoms with Crippen LogP contribution in [0.25, 0.3) is 0 Å². The van der Waals surface area contributed by atoms with Gasteiger partial charge in [-0.25, -0.2) is 13.6 Å². The highest BCUT2D eigenvalue weighted by Crippen LogP contribution is 2.34. The van der Waals surface area contributed by atoms with E-state index in [1.54, 1.807) is 9.80 Å². The predicted octanol–water partition coefficient (Wildman–Crippen LogP) is 1.29. The van der Waals surface area contributed by atoms with E-state index in [4.69, 9.17) is 4.74 Å². The fourth-order valence-corrected chi connectivity index (χ4v) is 3.59. The molecule has 5 nitrogen and oxygen atoms in total. The number of nitrogens with one attached hydrogen (secondary N) is 1. The average Bonchev–Trinajstić information content (AvgIpc) is 2.96. The van der Waals surface area contributed by atoms with Crippen molar-refractivity contribution in [1.29, 1.82) is 0 Å². The Morgan fingerprint density at radius 3 is 2.76 bits per heavy atom. The lowest BCUT2D eigenvalue weighted by atomic mass is 9.96. The maximum Gasteiger partial charge on any atom is 0.317 e. The molecule has 3 fully saturated rings. The van der Waals surface area contributed by atoms with Gasteiger partial charge in [0.1, 0.15) is 0 Å². The van der Waals surface area contributed by atoms with Gasteiger partial charge in [0, 0.05) is 26.2 Å². The largest absolute Gasteiger partial charge is 0.373 e. The molecular weight excluding hydrogens is 280 g/mol. The van der Waals surface area contributed by atoms with Gasteiger partial charge in [0.15, 0.2) is 0 Å². The van der Waals surface area contributed by atoms with Gasteiger partial charge >= 0.3 is 6.03 Å². The van der Waals surface area contributed by atoms with Crippen molar-refractivity contribution in [2.24, 2.45) is 0 Å². The van der Waals surface area contributed by atoms with Gasteiger partial charge < -0.3 is 15.0 Å². The second-order valence-corrected chi connectivity index (χ2v) is 6.20. The summed E-state index contributed by atoms with van der Waals surface area (Å²) in [4.78, 5) is 15.8. The number of nitrogens with zero attached hydrogens (tertiary/aromatic N) is 2. The lowest BCUT2D eigenvalue weighted by Gasteiger charge is -2.26. The summed E-state index contributed by atoms with van der Waals surface area (Å²) in [5, 5.41) is 3.06. The first-order valence-electron chi connectivity index (χ1n) is 7.83. The summed E-state index contributed by atoms with van der Waals surface area (Å²) in [5.74, 6) is 0. The Bertz CT molecular complexity index is 383. The van der Waals surface area contributed by atoms with Crippen molar-refractivity contribution in [3.8, 4) is 0 Å². The van der Waals surface area contributed by atoms with Crippen LogP contribution in [-0.2, 0) is 4.74 Å². The monoisotopic (exact) mass is 303 g/mol. The van der Waals surface area contributed by atoms with Crippen LogP contribution >= 0.6 is 0 Å². The zero-order valence-electron chi connectivity index (χ0n) is 12.1. The van der Waals surface area contributed by atoms with Crippen LogP contribution in [0.4, 0.5) is 13.6 Å². The molecule has 1 N–H and O–H groups in total. The Labute approximate surface area is 123 Å². The summed E-state index contributed by atoms with van der Waals surface area (Å²) in [5.41, 5.74) is 0. The van der Waals surface area contributed by atoms with E-state index in [0.717, 1.165) is 25.7 Å². The fourth-order valence-electron chi connectivity index (χ4n) is 3.59. The van der Waals surface area contributed by atoms with E-state index in [1.807, 2.05) is 0 Å². The van der Waals surface area contributed by atoms with Gasteiger partial charge in [0.2, 0.25) is 0 Å². The molecule has 3 unspecified atom stereocenters. The highest BCUT2D eigenvalue weighted by Gasteiger charge is 2.41. The van der Waals surface area contributed by atoms with E-state index in [2.05, 4.69) is 5.32 Å². The van der Waals surface area contributed by atoms with Crippen molar-refractivity contribution in [2.45, 2.75) is 50.4 Å². The SMILES string of the molecule is O=C(NC1CC2CCC1O2)N1CCCN(CC(F)F)CC1. The summed E-state index contributed by atoms with van der Waals surface area (Å²) in [7, 11) is 0. The molecule has 3 atom stereocenters. The van der Waals surface area contributed by atoms with Crippen LogP contribution in [0.1, 0.15) is 25.7 Å². The molecule has 2 bridgehead atoms. The molecule has 3 rings (SSSR count). The number of hydrogen-bond acceptors (Lipinski definition) is 3. The molecule has 3 saturated heterocycles. The highest BCUT2D eigenvalue weighted by molar-refractivity contribution is 5.74. The molecule has 3 heterocycles. The summed E-state index contributed by atoms with van der Waals surface area (Å²) < 4.78 is 30.6. The van der Waals surface area contributed by atoms with Gasteiger partial charge in [-0.3, -0.25) is 4.90 Å². The Balaban J connectivity index is 1.46. The summed E-state index contributed by atoms with van der Waals surface area (Å²) >= 11 is 0. The highest BCUT2D eigenvalue weighted by atomic mass is 19.3. The van der Waals surface area contributed by atoms with Gasteiger partial charge in [-0.1, -0.05) is 0 Å². The number of fused-ring (bicyclic) bond motifs is 2. The topological polar surface area (TPSA) is 44.8 Å². The van der Waals surface area contributed by atoms with Gasteiger partial charge in [-0.2, -0.15) is 0 Å². The van der Waals surface area contributed by atoms with Gasteiger partial charge in [-0.15, -0.1) is 0 Å². The van der Waals surface area contributed by atoms with Crippen LogP contribution in [0.15, 0.2) is 0 Å². The van der Waals surface area contributed by atoms with Gasteiger partial charge in [0.05, 0.1) is 24.8 Å². The van der Waals surface area contributed by atoms with Crippen molar-refractivity contribution in [2.75, 3.05) is 32.7 Å². The number of ether oxygens (including phenoxy) is 1. The van der Waals surface area contributed by atoms with E-state index in [9.17, 15) is 13.6 Å². The molecule has 2 amide bonds. The Morgan fingerprint density at radius 2 is 2.10 bits per heavy atom. The van der Waals surface area contributed by atoms with Crippen molar-refractivity contribution < 1.29 is 18.3 Å². The van der Waals surface area contributed by atoms with Crippen molar-refractivity contribution in [1.82, 2.24) is 15.1 Å². The van der Waals surface area contributed by atoms with Crippen molar-refractivity contribution in [3.05, 3.63) is 0 Å². The molecule has 0 aromatic rings. The molecule has 0 radical (unpaired) electrons. The maximum atomic E-state index is 12.4. The van der Waals surface area contributed by atoms with Crippen molar-refractivity contribution >= 4 is 6.03 Å². The standard InChI is InChI=1S/C14H23F2N3O2/c15-13(16)9-18-4-1-5-19(7-6-18)14(20)17-11-8-10-2-3-12(11)21-10/h10-13H,1-9H2,(H,17,20). The number of alkyl halides is 2. The zero-order valence-corrected chi connectivity index (χ0v) is 12.1. The van der Waals surface area contributed by atoms with Crippen LogP contribution < -0.4 is 5.32 Å². The average molecular weight is 303 g/mol. The third-order valence-electron chi connectivity index (χ3n) is 4.69. The fraction of sp³-hybridized carbons (Fsp3) is 0.929. The van der Waals surface area contributed by atoms with Crippen LogP contribution in [0.3, 0.4) is 0 Å². The minimum atomic E-state index is -2.31. The normalized spacial score (nSPS) is 33.5. The van der Waals surface area contributed by atoms with E-state index in [1.165, 1.54) is 0 Å². The molecule has 120 valence electrons. The second kappa shape index (κ2) is 6.44. The zero-order chi connectivity index (χ0) is 14.8. The molecule has 21 heavy (non-hydrogen) atoms. The first-order chi connectivity index (χ1) is 10.1. The quantitative estimate of drug-likeness (QED) is 0.854. The minimum Gasteiger partial charge on any atom is -0.373 e. The summed E-state index contributed by atoms with van der Waals surface area (Å²) in [6.07, 6.45) is 1.94. The Kier molecular flexibility index (Phi) is 4.59. The van der Waals surface area contributed by atoms with Crippen LogP contribution in [-0.4, -0.2) is 73.2 Å². The molecular formula is C14H23F2N3O2. The van der Waals surface area contributed by atoms with E-state index in [-0.39, 0.29) is 24.7 Å². The third-order valence-corrected chi connectivity index (χ3v) is 4.69. The molecule has 0 saturated carbocycles. The van der Waals surface area contributed by atoms with E-state index >= 15 is 0 Å². The molecule has 0 spiro atoms. The molecule has 3 aliphatic heterocycles. The molecule has 0 aromatic carbocycles. The van der Waals surface area contributed by atoms with E-state index in [0.29, 0.717) is 32.3 Å². The van der Waals surface area contributed by atoms with E-state index < -0.39 is 6.43 Å². The van der Waals surface area contributed by atoms with Gasteiger partial charge in [0.25, 0.3) is 6.43 Å². The summed E-state index contributed by atoms with van der Waals surface area (Å²) in [6.45, 7) is 2.10. The smallest absolute Gasteiger partial charge is 0.317 e. The Hall–Kier alpha value is -0.950. The maximum absolute atomic E-state index is 12.4. The number of urea groups is 1. The van der Waals surface area contributed by atoms with Gasteiger partial charge in [-0.05, 0) is 25.7 Å². The number of carbonyl (C=O) groups is 1. The first-order valence-corrected chi connectivity index (χ1v) is 7.83. The van der Waals surface area contributed by atoms with Crippen LogP contribution in [0.2, 0.25) is 0 Å². The lowest BCUT2D eigenvalue weighted by Crippen LogP contribution is -2.49. The second-order valence-electron chi connectivity index (χ2n) is 6.20. The number of rotatable bonds is 3. The van der Waals surface area contributed by atoms with Crippen molar-refractivity contribution in [3.63, 3.8) is 0 Å². The predicted molar refractivity (Wildman–Crippen MR) is 73.5 cm³/mol. The number of halogens is 2. The molecule has 0 aromatic heterocycles. The Morgan fingerprint density at radius 1 is 1.24 bits per heavy atom. The third kappa shape index (κ3) is 3.63. The number of hydrogen-bond donors (Lipinski definition) is 1. The molecule has 3 aliphatic rings.